The van der Waals surface area contributed by atoms with E-state index in [9.17, 15) is 13.6 Å². The highest BCUT2D eigenvalue weighted by Crippen LogP contribution is 2.24. The second-order valence-electron chi connectivity index (χ2n) is 7.20. The summed E-state index contributed by atoms with van der Waals surface area (Å²) in [5.41, 5.74) is 2.11. The number of halogens is 2. The van der Waals surface area contributed by atoms with Crippen LogP contribution < -0.4 is 10.2 Å². The summed E-state index contributed by atoms with van der Waals surface area (Å²) in [6.07, 6.45) is 1.58. The van der Waals surface area contributed by atoms with Gasteiger partial charge in [-0.1, -0.05) is 12.1 Å². The first-order valence-electron chi connectivity index (χ1n) is 9.39. The lowest BCUT2D eigenvalue weighted by Gasteiger charge is -2.13. The fourth-order valence-electron chi connectivity index (χ4n) is 3.32. The minimum Gasteiger partial charge on any atom is -0.363 e. The predicted molar refractivity (Wildman–Crippen MR) is 114 cm³/mol. The average Bonchev–Trinajstić information content (AvgIpc) is 3.06. The average molecular weight is 406 g/mol. The zero-order chi connectivity index (χ0) is 21.3. The Labute approximate surface area is 172 Å². The second-order valence-corrected chi connectivity index (χ2v) is 7.20. The van der Waals surface area contributed by atoms with Crippen LogP contribution in [0.25, 0.3) is 10.9 Å². The lowest BCUT2D eigenvalue weighted by atomic mass is 10.2. The molecule has 0 bridgehead atoms. The molecule has 1 N–H and O–H groups in total. The SMILES string of the molecule is CN(C)c1ccc(NC(=O)c2cc3ccc(F)cc3n2Cc2cccc(F)c2)cn1. The van der Waals surface area contributed by atoms with Gasteiger partial charge < -0.3 is 14.8 Å². The topological polar surface area (TPSA) is 50.2 Å². The molecule has 0 unspecified atom stereocenters. The number of fused-ring (bicyclic) bond motifs is 1. The molecule has 152 valence electrons. The fourth-order valence-corrected chi connectivity index (χ4v) is 3.32. The van der Waals surface area contributed by atoms with Crippen molar-refractivity contribution in [2.24, 2.45) is 0 Å². The minimum absolute atomic E-state index is 0.227. The number of nitrogens with zero attached hydrogens (tertiary/aromatic N) is 3. The Morgan fingerprint density at radius 3 is 2.53 bits per heavy atom. The van der Waals surface area contributed by atoms with Gasteiger partial charge in [-0.05, 0) is 54.1 Å². The minimum atomic E-state index is -0.406. The van der Waals surface area contributed by atoms with E-state index >= 15 is 0 Å². The first-order valence-corrected chi connectivity index (χ1v) is 9.39. The van der Waals surface area contributed by atoms with E-state index in [1.54, 1.807) is 47.2 Å². The Bertz CT molecular complexity index is 1220. The van der Waals surface area contributed by atoms with Crippen LogP contribution in [0, 0.1) is 11.6 Å². The molecule has 0 spiro atoms. The standard InChI is InChI=1S/C23H20F2N4O/c1-28(2)22-9-8-19(13-26-22)27-23(30)21-11-16-6-7-18(25)12-20(16)29(21)14-15-4-3-5-17(24)10-15/h3-13H,14H2,1-2H3,(H,27,30). The van der Waals surface area contributed by atoms with Gasteiger partial charge in [0.05, 0.1) is 17.4 Å². The Morgan fingerprint density at radius 2 is 1.83 bits per heavy atom. The van der Waals surface area contributed by atoms with Crippen molar-refractivity contribution < 1.29 is 13.6 Å². The third kappa shape index (κ3) is 4.00. The van der Waals surface area contributed by atoms with Crippen molar-refractivity contribution in [1.29, 1.82) is 0 Å². The lowest BCUT2D eigenvalue weighted by molar-refractivity contribution is 0.101. The number of anilines is 2. The smallest absolute Gasteiger partial charge is 0.272 e. The maximum atomic E-state index is 13.9. The van der Waals surface area contributed by atoms with Crippen LogP contribution in [0.1, 0.15) is 16.1 Å². The van der Waals surface area contributed by atoms with E-state index in [4.69, 9.17) is 0 Å². The van der Waals surface area contributed by atoms with E-state index in [2.05, 4.69) is 10.3 Å². The zero-order valence-corrected chi connectivity index (χ0v) is 16.6. The van der Waals surface area contributed by atoms with Crippen LogP contribution in [0.3, 0.4) is 0 Å². The van der Waals surface area contributed by atoms with Crippen LogP contribution in [0.2, 0.25) is 0 Å². The van der Waals surface area contributed by atoms with Crippen LogP contribution in [-0.2, 0) is 6.54 Å². The summed E-state index contributed by atoms with van der Waals surface area (Å²) in [4.78, 5) is 19.2. The Balaban J connectivity index is 1.71. The molecule has 2 aromatic carbocycles. The molecule has 2 aromatic heterocycles. The normalized spacial score (nSPS) is 10.9. The fraction of sp³-hybridized carbons (Fsp3) is 0.130. The molecule has 0 aliphatic heterocycles. The molecule has 0 atom stereocenters. The molecule has 0 saturated heterocycles. The summed E-state index contributed by atoms with van der Waals surface area (Å²) >= 11 is 0. The van der Waals surface area contributed by atoms with Crippen LogP contribution in [-0.4, -0.2) is 29.6 Å². The van der Waals surface area contributed by atoms with Crippen LogP contribution in [0.5, 0.6) is 0 Å². The number of benzene rings is 2. The predicted octanol–water partition coefficient (Wildman–Crippen LogP) is 4.68. The van der Waals surface area contributed by atoms with E-state index in [0.29, 0.717) is 22.5 Å². The number of amides is 1. The van der Waals surface area contributed by atoms with Crippen LogP contribution >= 0.6 is 0 Å². The third-order valence-corrected chi connectivity index (χ3v) is 4.79. The molecule has 0 fully saturated rings. The van der Waals surface area contributed by atoms with E-state index in [0.717, 1.165) is 11.2 Å². The van der Waals surface area contributed by atoms with Crippen molar-refractivity contribution >= 4 is 28.3 Å². The zero-order valence-electron chi connectivity index (χ0n) is 16.6. The number of hydrogen-bond donors (Lipinski definition) is 1. The van der Waals surface area contributed by atoms with Gasteiger partial charge in [-0.2, -0.15) is 0 Å². The summed E-state index contributed by atoms with van der Waals surface area (Å²) in [6, 6.07) is 15.7. The molecule has 4 rings (SSSR count). The maximum Gasteiger partial charge on any atom is 0.272 e. The largest absolute Gasteiger partial charge is 0.363 e. The molecule has 30 heavy (non-hydrogen) atoms. The number of rotatable bonds is 5. The van der Waals surface area contributed by atoms with Gasteiger partial charge in [-0.25, -0.2) is 13.8 Å². The number of hydrogen-bond acceptors (Lipinski definition) is 3. The van der Waals surface area contributed by atoms with E-state index in [1.807, 2.05) is 19.0 Å². The van der Waals surface area contributed by atoms with Gasteiger partial charge in [-0.15, -0.1) is 0 Å². The Kier molecular flexibility index (Phi) is 5.18. The molecule has 0 radical (unpaired) electrons. The van der Waals surface area contributed by atoms with Gasteiger partial charge in [-0.3, -0.25) is 4.79 Å². The summed E-state index contributed by atoms with van der Waals surface area (Å²) in [5.74, 6) is -0.365. The van der Waals surface area contributed by atoms with E-state index in [-0.39, 0.29) is 18.3 Å². The summed E-state index contributed by atoms with van der Waals surface area (Å²) in [6.45, 7) is 0.227. The van der Waals surface area contributed by atoms with Crippen molar-refractivity contribution in [3.8, 4) is 0 Å². The molecule has 0 aliphatic carbocycles. The molecular weight excluding hydrogens is 386 g/mol. The molecule has 1 amide bonds. The maximum absolute atomic E-state index is 13.9. The molecule has 2 heterocycles. The highest BCUT2D eigenvalue weighted by Gasteiger charge is 2.17. The van der Waals surface area contributed by atoms with Gasteiger partial charge in [0.1, 0.15) is 23.1 Å². The quantitative estimate of drug-likeness (QED) is 0.524. The van der Waals surface area contributed by atoms with Gasteiger partial charge >= 0.3 is 0 Å². The molecule has 7 heteroatoms. The highest BCUT2D eigenvalue weighted by atomic mass is 19.1. The van der Waals surface area contributed by atoms with Crippen LogP contribution in [0.4, 0.5) is 20.3 Å². The monoisotopic (exact) mass is 406 g/mol. The van der Waals surface area contributed by atoms with Gasteiger partial charge in [0.25, 0.3) is 5.91 Å². The van der Waals surface area contributed by atoms with Gasteiger partial charge in [0.15, 0.2) is 0 Å². The van der Waals surface area contributed by atoms with Crippen molar-refractivity contribution in [2.75, 3.05) is 24.3 Å². The summed E-state index contributed by atoms with van der Waals surface area (Å²) in [7, 11) is 3.76. The van der Waals surface area contributed by atoms with Gasteiger partial charge in [0, 0.05) is 26.0 Å². The number of carbonyl (C=O) groups is 1. The van der Waals surface area contributed by atoms with Crippen molar-refractivity contribution in [1.82, 2.24) is 9.55 Å². The lowest BCUT2D eigenvalue weighted by Crippen LogP contribution is -2.18. The first kappa shape index (κ1) is 19.6. The van der Waals surface area contributed by atoms with Crippen LogP contribution in [0.15, 0.2) is 66.9 Å². The second kappa shape index (κ2) is 7.94. The molecule has 4 aromatic rings. The molecule has 5 nitrogen and oxygen atoms in total. The summed E-state index contributed by atoms with van der Waals surface area (Å²) in [5, 5.41) is 3.55. The van der Waals surface area contributed by atoms with Crippen molar-refractivity contribution in [2.45, 2.75) is 6.54 Å². The molecular formula is C23H20F2N4O. The van der Waals surface area contributed by atoms with E-state index in [1.165, 1.54) is 24.3 Å². The summed E-state index contributed by atoms with van der Waals surface area (Å²) < 4.78 is 29.2. The highest BCUT2D eigenvalue weighted by molar-refractivity contribution is 6.06. The molecule has 0 saturated carbocycles. The molecule has 0 aliphatic rings. The Morgan fingerprint density at radius 1 is 1.03 bits per heavy atom. The van der Waals surface area contributed by atoms with Gasteiger partial charge in [0.2, 0.25) is 0 Å². The number of aromatic nitrogens is 2. The Hall–Kier alpha value is -3.74. The first-order chi connectivity index (χ1) is 14.4. The van der Waals surface area contributed by atoms with Crippen molar-refractivity contribution in [3.63, 3.8) is 0 Å². The number of nitrogens with one attached hydrogen (secondary N) is 1. The number of pyridine rings is 1. The van der Waals surface area contributed by atoms with Crippen molar-refractivity contribution in [3.05, 3.63) is 89.8 Å². The van der Waals surface area contributed by atoms with E-state index < -0.39 is 5.82 Å². The third-order valence-electron chi connectivity index (χ3n) is 4.79. The number of carbonyl (C=O) groups excluding carboxylic acids is 1.